The van der Waals surface area contributed by atoms with Gasteiger partial charge in [-0.1, -0.05) is 46.9 Å². The largest absolute Gasteiger partial charge is 0.330 e. The summed E-state index contributed by atoms with van der Waals surface area (Å²) in [7, 11) is 0. The Morgan fingerprint density at radius 1 is 1.11 bits per heavy atom. The van der Waals surface area contributed by atoms with Gasteiger partial charge in [0, 0.05) is 23.2 Å². The first-order valence-corrected chi connectivity index (χ1v) is 10.2. The highest BCUT2D eigenvalue weighted by Gasteiger charge is 2.08. The van der Waals surface area contributed by atoms with Crippen LogP contribution in [0.3, 0.4) is 0 Å². The Labute approximate surface area is 164 Å². The molecular weight excluding hydrogens is 378 g/mol. The van der Waals surface area contributed by atoms with E-state index in [1.807, 2.05) is 49.4 Å². The van der Waals surface area contributed by atoms with E-state index in [-0.39, 0.29) is 5.56 Å². The molecular formula is C19H17N5OS2. The summed E-state index contributed by atoms with van der Waals surface area (Å²) in [4.78, 5) is 16.9. The highest BCUT2D eigenvalue weighted by molar-refractivity contribution is 8.00. The molecule has 4 aromatic rings. The molecule has 0 spiro atoms. The van der Waals surface area contributed by atoms with Gasteiger partial charge in [0.2, 0.25) is 5.13 Å². The molecule has 0 atom stereocenters. The molecule has 3 aromatic heterocycles. The molecule has 6 nitrogen and oxygen atoms in total. The monoisotopic (exact) mass is 395 g/mol. The molecule has 0 unspecified atom stereocenters. The van der Waals surface area contributed by atoms with Gasteiger partial charge in [0.1, 0.15) is 5.65 Å². The number of aryl methyl sites for hydroxylation is 2. The maximum atomic E-state index is 12.3. The normalized spacial score (nSPS) is 11.0. The molecule has 0 aliphatic rings. The van der Waals surface area contributed by atoms with Crippen LogP contribution in [0.1, 0.15) is 17.0 Å². The van der Waals surface area contributed by atoms with Crippen LogP contribution in [0.15, 0.2) is 57.7 Å². The van der Waals surface area contributed by atoms with Gasteiger partial charge < -0.3 is 5.32 Å². The minimum atomic E-state index is -0.0623. The van der Waals surface area contributed by atoms with Crippen LogP contribution in [0.2, 0.25) is 0 Å². The lowest BCUT2D eigenvalue weighted by Crippen LogP contribution is -2.17. The molecule has 0 saturated heterocycles. The molecule has 0 aliphatic heterocycles. The topological polar surface area (TPSA) is 72.2 Å². The number of hydrogen-bond donors (Lipinski definition) is 1. The molecule has 136 valence electrons. The number of nitrogens with zero attached hydrogens (tertiary/aromatic N) is 4. The highest BCUT2D eigenvalue weighted by Crippen LogP contribution is 2.29. The van der Waals surface area contributed by atoms with Crippen molar-refractivity contribution in [2.45, 2.75) is 23.9 Å². The number of fused-ring (bicyclic) bond motifs is 1. The number of pyridine rings is 1. The number of nitrogens with one attached hydrogen (secondary N) is 1. The fourth-order valence-corrected chi connectivity index (χ4v) is 4.32. The van der Waals surface area contributed by atoms with Crippen molar-refractivity contribution in [2.24, 2.45) is 0 Å². The van der Waals surface area contributed by atoms with Crippen LogP contribution in [-0.4, -0.2) is 19.6 Å². The molecule has 0 saturated carbocycles. The molecule has 0 amide bonds. The van der Waals surface area contributed by atoms with Crippen LogP contribution in [-0.2, 0) is 5.75 Å². The first kappa shape index (κ1) is 17.7. The molecule has 0 fully saturated rings. The molecule has 4 rings (SSSR count). The summed E-state index contributed by atoms with van der Waals surface area (Å²) < 4.78 is 2.44. The lowest BCUT2D eigenvalue weighted by Gasteiger charge is -2.05. The van der Waals surface area contributed by atoms with Crippen molar-refractivity contribution in [2.75, 3.05) is 5.32 Å². The van der Waals surface area contributed by atoms with Gasteiger partial charge in [-0.05, 0) is 38.1 Å². The Kier molecular flexibility index (Phi) is 4.91. The summed E-state index contributed by atoms with van der Waals surface area (Å²) in [5.74, 6) is 0.568. The van der Waals surface area contributed by atoms with Crippen LogP contribution in [0.25, 0.3) is 5.65 Å². The van der Waals surface area contributed by atoms with Gasteiger partial charge >= 0.3 is 0 Å². The molecule has 0 aliphatic carbocycles. The zero-order chi connectivity index (χ0) is 18.8. The van der Waals surface area contributed by atoms with Gasteiger partial charge in [0.15, 0.2) is 4.34 Å². The van der Waals surface area contributed by atoms with E-state index in [0.717, 1.165) is 26.5 Å². The van der Waals surface area contributed by atoms with Crippen molar-refractivity contribution in [3.05, 3.63) is 75.8 Å². The lowest BCUT2D eigenvalue weighted by atomic mass is 10.2. The number of anilines is 2. The predicted molar refractivity (Wildman–Crippen MR) is 110 cm³/mol. The maximum absolute atomic E-state index is 12.3. The second-order valence-corrected chi connectivity index (χ2v) is 8.30. The van der Waals surface area contributed by atoms with Gasteiger partial charge in [-0.2, -0.15) is 0 Å². The summed E-state index contributed by atoms with van der Waals surface area (Å²) >= 11 is 3.00. The Morgan fingerprint density at radius 3 is 2.74 bits per heavy atom. The van der Waals surface area contributed by atoms with Crippen molar-refractivity contribution >= 4 is 39.6 Å². The molecule has 8 heteroatoms. The van der Waals surface area contributed by atoms with E-state index in [2.05, 4.69) is 27.4 Å². The van der Waals surface area contributed by atoms with Crippen molar-refractivity contribution in [3.8, 4) is 0 Å². The van der Waals surface area contributed by atoms with E-state index in [0.29, 0.717) is 11.4 Å². The van der Waals surface area contributed by atoms with Crippen LogP contribution in [0.4, 0.5) is 10.8 Å². The molecule has 0 bridgehead atoms. The summed E-state index contributed by atoms with van der Waals surface area (Å²) in [6.45, 7) is 3.95. The van der Waals surface area contributed by atoms with Crippen LogP contribution in [0.5, 0.6) is 0 Å². The Morgan fingerprint density at radius 2 is 1.93 bits per heavy atom. The smallest absolute Gasteiger partial charge is 0.258 e. The van der Waals surface area contributed by atoms with Gasteiger partial charge in [0.25, 0.3) is 5.56 Å². The third kappa shape index (κ3) is 4.01. The number of rotatable bonds is 5. The second kappa shape index (κ2) is 7.50. The van der Waals surface area contributed by atoms with Gasteiger partial charge in [-0.3, -0.25) is 9.20 Å². The van der Waals surface area contributed by atoms with Crippen LogP contribution >= 0.6 is 23.1 Å². The highest BCUT2D eigenvalue weighted by atomic mass is 32.2. The van der Waals surface area contributed by atoms with E-state index >= 15 is 0 Å². The Bertz CT molecular complexity index is 1150. The fraction of sp³-hybridized carbons (Fsp3) is 0.158. The van der Waals surface area contributed by atoms with Crippen LogP contribution in [0, 0.1) is 13.8 Å². The van der Waals surface area contributed by atoms with Crippen molar-refractivity contribution in [1.82, 2.24) is 19.6 Å². The first-order chi connectivity index (χ1) is 13.1. The molecule has 0 radical (unpaired) electrons. The minimum absolute atomic E-state index is 0.0623. The fourth-order valence-electron chi connectivity index (χ4n) is 2.65. The third-order valence-corrected chi connectivity index (χ3v) is 5.99. The third-order valence-electron chi connectivity index (χ3n) is 3.99. The predicted octanol–water partition coefficient (Wildman–Crippen LogP) is 4.20. The maximum Gasteiger partial charge on any atom is 0.258 e. The van der Waals surface area contributed by atoms with E-state index < -0.39 is 0 Å². The first-order valence-electron chi connectivity index (χ1n) is 8.37. The quantitative estimate of drug-likeness (QED) is 0.511. The Hall–Kier alpha value is -2.71. The van der Waals surface area contributed by atoms with Crippen LogP contribution < -0.4 is 10.9 Å². The standard InChI is InChI=1S/C19H17N5OS2/c1-12-6-8-14(9-7-12)21-18-22-23-19(27-18)26-11-15-10-17(25)24-13(2)4-3-5-16(24)20-15/h3-10H,11H2,1-2H3,(H,21,22). The molecule has 3 heterocycles. The van der Waals surface area contributed by atoms with E-state index in [4.69, 9.17) is 0 Å². The summed E-state index contributed by atoms with van der Waals surface area (Å²) in [6.07, 6.45) is 0. The van der Waals surface area contributed by atoms with Crippen molar-refractivity contribution in [3.63, 3.8) is 0 Å². The number of thioether (sulfide) groups is 1. The van der Waals surface area contributed by atoms with Gasteiger partial charge in [-0.25, -0.2) is 4.98 Å². The SMILES string of the molecule is Cc1ccc(Nc2nnc(SCc3cc(=O)n4c(C)cccc4n3)s2)cc1. The minimum Gasteiger partial charge on any atom is -0.330 e. The molecule has 1 aromatic carbocycles. The molecule has 27 heavy (non-hydrogen) atoms. The molecule has 1 N–H and O–H groups in total. The number of hydrogen-bond acceptors (Lipinski definition) is 7. The van der Waals surface area contributed by atoms with Gasteiger partial charge in [-0.15, -0.1) is 10.2 Å². The average Bonchev–Trinajstić information content (AvgIpc) is 3.09. The Balaban J connectivity index is 1.46. The average molecular weight is 396 g/mol. The van der Waals surface area contributed by atoms with E-state index in [1.54, 1.807) is 10.5 Å². The van der Waals surface area contributed by atoms with Crippen molar-refractivity contribution in [1.29, 1.82) is 0 Å². The number of benzene rings is 1. The summed E-state index contributed by atoms with van der Waals surface area (Å²) in [5.41, 5.74) is 4.40. The van der Waals surface area contributed by atoms with E-state index in [9.17, 15) is 4.79 Å². The zero-order valence-corrected chi connectivity index (χ0v) is 16.5. The number of aromatic nitrogens is 4. The second-order valence-electron chi connectivity index (χ2n) is 6.10. The lowest BCUT2D eigenvalue weighted by molar-refractivity contribution is 0.967. The van der Waals surface area contributed by atoms with Gasteiger partial charge in [0.05, 0.1) is 5.69 Å². The summed E-state index contributed by atoms with van der Waals surface area (Å²) in [6, 6.07) is 15.3. The zero-order valence-electron chi connectivity index (χ0n) is 14.8. The van der Waals surface area contributed by atoms with Crippen molar-refractivity contribution < 1.29 is 0 Å². The van der Waals surface area contributed by atoms with E-state index in [1.165, 1.54) is 28.7 Å². The summed E-state index contributed by atoms with van der Waals surface area (Å²) in [5, 5.41) is 12.4.